The zero-order valence-electron chi connectivity index (χ0n) is 6.94. The molecule has 0 aromatic heterocycles. The molecule has 1 rings (SSSR count). The quantitative estimate of drug-likeness (QED) is 0.612. The molecule has 1 aromatic rings. The minimum Gasteiger partial charge on any atom is -0.322 e. The van der Waals surface area contributed by atoms with Crippen molar-refractivity contribution < 1.29 is 17.6 Å². The van der Waals surface area contributed by atoms with E-state index in [0.717, 1.165) is 0 Å². The molecule has 0 aliphatic heterocycles. The van der Waals surface area contributed by atoms with Gasteiger partial charge in [-0.1, -0.05) is 0 Å². The molecular weight excluding hydrogens is 222 g/mol. The van der Waals surface area contributed by atoms with E-state index in [1.165, 1.54) is 0 Å². The van der Waals surface area contributed by atoms with Crippen LogP contribution in [0.3, 0.4) is 0 Å². The first kappa shape index (κ1) is 13.2. The summed E-state index contributed by atoms with van der Waals surface area (Å²) in [6.07, 6.45) is 0. The number of hydrogen-bond donors (Lipinski definition) is 1. The lowest BCUT2D eigenvalue weighted by Gasteiger charge is -2.08. The van der Waals surface area contributed by atoms with Crippen molar-refractivity contribution in [3.8, 4) is 0 Å². The monoisotopic (exact) mass is 229 g/mol. The lowest BCUT2D eigenvalue weighted by molar-refractivity contribution is 0.420. The maximum absolute atomic E-state index is 12.8. The first-order chi connectivity index (χ1) is 6.06. The van der Waals surface area contributed by atoms with E-state index in [-0.39, 0.29) is 18.0 Å². The fraction of sp³-hybridized carbons (Fsp3) is 0.250. The average Bonchev–Trinajstić information content (AvgIpc) is 2.10. The molecule has 0 aliphatic carbocycles. The Hall–Kier alpha value is -0.810. The smallest absolute Gasteiger partial charge is 0.161 e. The second-order valence-corrected chi connectivity index (χ2v) is 2.55. The third-order valence-corrected chi connectivity index (χ3v) is 1.61. The molecule has 1 aromatic carbocycles. The summed E-state index contributed by atoms with van der Waals surface area (Å²) >= 11 is 0. The molecule has 0 saturated carbocycles. The van der Waals surface area contributed by atoms with Crippen LogP contribution in [0.1, 0.15) is 11.6 Å². The summed E-state index contributed by atoms with van der Waals surface area (Å²) in [5.41, 5.74) is 4.75. The largest absolute Gasteiger partial charge is 0.322 e. The van der Waals surface area contributed by atoms with Gasteiger partial charge in [0.25, 0.3) is 0 Å². The number of rotatable bonds is 2. The van der Waals surface area contributed by atoms with Gasteiger partial charge in [0.2, 0.25) is 0 Å². The fourth-order valence-corrected chi connectivity index (χ4v) is 0.905. The molecule has 0 amide bonds. The van der Waals surface area contributed by atoms with Gasteiger partial charge in [0, 0.05) is 11.6 Å². The molecule has 0 spiro atoms. The van der Waals surface area contributed by atoms with Gasteiger partial charge in [0.1, 0.15) is 12.5 Å². The van der Waals surface area contributed by atoms with Crippen LogP contribution in [0.4, 0.5) is 17.6 Å². The highest BCUT2D eigenvalue weighted by atomic mass is 35.5. The van der Waals surface area contributed by atoms with Gasteiger partial charge in [-0.25, -0.2) is 17.6 Å². The van der Waals surface area contributed by atoms with Crippen LogP contribution in [0.25, 0.3) is 0 Å². The molecule has 80 valence electrons. The third kappa shape index (κ3) is 2.59. The van der Waals surface area contributed by atoms with E-state index in [1.54, 1.807) is 0 Å². The summed E-state index contributed by atoms with van der Waals surface area (Å²) in [5, 5.41) is 0. The Kier molecular flexibility index (Phi) is 4.87. The Bertz CT molecular complexity index is 318. The Morgan fingerprint density at radius 1 is 1.07 bits per heavy atom. The van der Waals surface area contributed by atoms with Gasteiger partial charge in [0.15, 0.2) is 11.6 Å². The number of nitrogens with two attached hydrogens (primary N) is 1. The molecule has 0 radical (unpaired) electrons. The zero-order chi connectivity index (χ0) is 10.0. The predicted molar refractivity (Wildman–Crippen MR) is 46.5 cm³/mol. The van der Waals surface area contributed by atoms with Crippen molar-refractivity contribution in [3.05, 3.63) is 35.1 Å². The minimum atomic E-state index is -1.31. The van der Waals surface area contributed by atoms with Crippen molar-refractivity contribution >= 4 is 12.4 Å². The van der Waals surface area contributed by atoms with Gasteiger partial charge < -0.3 is 5.73 Å². The number of benzene rings is 1. The average molecular weight is 230 g/mol. The molecular formula is C8H8ClF4N. The minimum absolute atomic E-state index is 0. The van der Waals surface area contributed by atoms with E-state index in [4.69, 9.17) is 5.73 Å². The second-order valence-electron chi connectivity index (χ2n) is 2.55. The van der Waals surface area contributed by atoms with E-state index < -0.39 is 30.2 Å². The first-order valence-electron chi connectivity index (χ1n) is 3.52. The summed E-state index contributed by atoms with van der Waals surface area (Å²) in [7, 11) is 0. The number of hydrogen-bond acceptors (Lipinski definition) is 1. The fourth-order valence-electron chi connectivity index (χ4n) is 0.905. The molecule has 0 heterocycles. The van der Waals surface area contributed by atoms with Crippen molar-refractivity contribution in [1.29, 1.82) is 0 Å². The van der Waals surface area contributed by atoms with Crippen LogP contribution in [0.2, 0.25) is 0 Å². The van der Waals surface area contributed by atoms with Crippen LogP contribution in [0.5, 0.6) is 0 Å². The highest BCUT2D eigenvalue weighted by Crippen LogP contribution is 2.19. The Morgan fingerprint density at radius 3 is 2.07 bits per heavy atom. The molecule has 0 fully saturated rings. The molecule has 1 atom stereocenters. The topological polar surface area (TPSA) is 26.0 Å². The van der Waals surface area contributed by atoms with Crippen LogP contribution in [-0.4, -0.2) is 6.67 Å². The van der Waals surface area contributed by atoms with Crippen LogP contribution in [0, 0.1) is 17.5 Å². The van der Waals surface area contributed by atoms with Crippen LogP contribution in [0.15, 0.2) is 12.1 Å². The van der Waals surface area contributed by atoms with E-state index in [2.05, 4.69) is 0 Å². The van der Waals surface area contributed by atoms with Gasteiger partial charge in [0.05, 0.1) is 6.04 Å². The molecule has 0 saturated heterocycles. The Morgan fingerprint density at radius 2 is 1.57 bits per heavy atom. The number of alkyl halides is 1. The van der Waals surface area contributed by atoms with Gasteiger partial charge in [-0.3, -0.25) is 0 Å². The molecule has 6 heteroatoms. The molecule has 1 nitrogen and oxygen atoms in total. The summed E-state index contributed by atoms with van der Waals surface area (Å²) in [6.45, 7) is -1.03. The van der Waals surface area contributed by atoms with E-state index in [1.807, 2.05) is 0 Å². The van der Waals surface area contributed by atoms with Crippen LogP contribution >= 0.6 is 12.4 Å². The van der Waals surface area contributed by atoms with Gasteiger partial charge in [-0.05, 0) is 6.07 Å². The third-order valence-electron chi connectivity index (χ3n) is 1.61. The molecule has 2 N–H and O–H groups in total. The van der Waals surface area contributed by atoms with Crippen LogP contribution < -0.4 is 5.73 Å². The van der Waals surface area contributed by atoms with Gasteiger partial charge >= 0.3 is 0 Å². The summed E-state index contributed by atoms with van der Waals surface area (Å²) in [4.78, 5) is 0. The maximum Gasteiger partial charge on any atom is 0.161 e. The lowest BCUT2D eigenvalue weighted by Crippen LogP contribution is -2.14. The highest BCUT2D eigenvalue weighted by Gasteiger charge is 2.15. The Labute approximate surface area is 84.3 Å². The molecule has 0 unspecified atom stereocenters. The number of halogens is 5. The summed E-state index contributed by atoms with van der Waals surface area (Å²) < 4.78 is 49.7. The van der Waals surface area contributed by atoms with E-state index >= 15 is 0 Å². The SMILES string of the molecule is Cl.N[C@@H](CF)c1cc(F)c(F)cc1F. The lowest BCUT2D eigenvalue weighted by atomic mass is 10.1. The summed E-state index contributed by atoms with van der Waals surface area (Å²) in [6, 6.07) is -0.343. The van der Waals surface area contributed by atoms with Crippen molar-refractivity contribution in [3.63, 3.8) is 0 Å². The molecule has 0 bridgehead atoms. The zero-order valence-corrected chi connectivity index (χ0v) is 7.75. The van der Waals surface area contributed by atoms with Gasteiger partial charge in [-0.2, -0.15) is 0 Å². The Balaban J connectivity index is 0.00000169. The predicted octanol–water partition coefficient (Wildman–Crippen LogP) is 2.50. The van der Waals surface area contributed by atoms with Gasteiger partial charge in [-0.15, -0.1) is 12.4 Å². The standard InChI is InChI=1S/C8H7F4N.ClH/c9-3-8(13)4-1-6(11)7(12)2-5(4)10;/h1-2,8H,3,13H2;1H/t8-;/m0./s1. The van der Waals surface area contributed by atoms with Crippen molar-refractivity contribution in [2.45, 2.75) is 6.04 Å². The summed E-state index contributed by atoms with van der Waals surface area (Å²) in [5.74, 6) is -3.59. The molecule has 0 aliphatic rings. The van der Waals surface area contributed by atoms with Crippen molar-refractivity contribution in [2.75, 3.05) is 6.67 Å². The van der Waals surface area contributed by atoms with Crippen molar-refractivity contribution in [2.24, 2.45) is 5.73 Å². The first-order valence-corrected chi connectivity index (χ1v) is 3.52. The van der Waals surface area contributed by atoms with Crippen molar-refractivity contribution in [1.82, 2.24) is 0 Å². The normalized spacial score (nSPS) is 12.1. The second kappa shape index (κ2) is 5.17. The highest BCUT2D eigenvalue weighted by molar-refractivity contribution is 5.85. The molecule has 14 heavy (non-hydrogen) atoms. The maximum atomic E-state index is 12.8. The van der Waals surface area contributed by atoms with E-state index in [0.29, 0.717) is 12.1 Å². The van der Waals surface area contributed by atoms with Crippen LogP contribution in [-0.2, 0) is 0 Å². The van der Waals surface area contributed by atoms with E-state index in [9.17, 15) is 17.6 Å².